The van der Waals surface area contributed by atoms with Crippen LogP contribution in [0.2, 0.25) is 0 Å². The quantitative estimate of drug-likeness (QED) is 0.497. The van der Waals surface area contributed by atoms with Crippen LogP contribution in [0.25, 0.3) is 10.8 Å². The van der Waals surface area contributed by atoms with E-state index in [0.717, 1.165) is 0 Å². The highest BCUT2D eigenvalue weighted by molar-refractivity contribution is 8.20. The Labute approximate surface area is 106 Å². The first-order valence-electron chi connectivity index (χ1n) is 4.74. The van der Waals surface area contributed by atoms with E-state index in [9.17, 15) is 27.3 Å². The third-order valence-electron chi connectivity index (χ3n) is 2.43. The minimum Gasteiger partial charge on any atom is -0.304 e. The molecule has 6 N–H and O–H groups in total. The predicted molar refractivity (Wildman–Crippen MR) is 71.4 cm³/mol. The monoisotopic (exact) mass is 292 g/mol. The summed E-state index contributed by atoms with van der Waals surface area (Å²) >= 11 is 0. The van der Waals surface area contributed by atoms with Gasteiger partial charge in [-0.15, -0.1) is 0 Å². The molecule has 0 heterocycles. The van der Waals surface area contributed by atoms with Gasteiger partial charge in [0.2, 0.25) is 0 Å². The van der Waals surface area contributed by atoms with Crippen molar-refractivity contribution in [1.29, 1.82) is 0 Å². The van der Waals surface area contributed by atoms with Crippen LogP contribution in [0.3, 0.4) is 0 Å². The van der Waals surface area contributed by atoms with Gasteiger partial charge in [-0.1, -0.05) is 24.3 Å². The Morgan fingerprint density at radius 3 is 1.17 bits per heavy atom. The first-order chi connectivity index (χ1) is 8.21. The molecule has 0 aliphatic rings. The van der Waals surface area contributed by atoms with Crippen LogP contribution in [-0.2, 0) is 0 Å². The lowest BCUT2D eigenvalue weighted by Crippen LogP contribution is -2.00. The van der Waals surface area contributed by atoms with Gasteiger partial charge < -0.3 is 27.3 Å². The second-order valence-corrected chi connectivity index (χ2v) is 6.60. The highest BCUT2D eigenvalue weighted by Gasteiger charge is 2.23. The molecule has 0 saturated carbocycles. The number of hydrogen-bond acceptors (Lipinski definition) is 6. The molecule has 0 spiro atoms. The average Bonchev–Trinajstić information content (AvgIpc) is 2.24. The van der Waals surface area contributed by atoms with Crippen LogP contribution in [0.15, 0.2) is 46.2 Å². The summed E-state index contributed by atoms with van der Waals surface area (Å²) in [6.07, 6.45) is 0. The Kier molecular flexibility index (Phi) is 3.30. The van der Waals surface area contributed by atoms with Gasteiger partial charge in [-0.2, -0.15) is 0 Å². The Hall–Kier alpha value is -0.840. The van der Waals surface area contributed by atoms with E-state index in [1.165, 1.54) is 36.4 Å². The number of benzene rings is 2. The van der Waals surface area contributed by atoms with Gasteiger partial charge in [-0.3, -0.25) is 0 Å². The van der Waals surface area contributed by atoms with E-state index in [-0.39, 0.29) is 20.6 Å². The molecule has 0 saturated heterocycles. The summed E-state index contributed by atoms with van der Waals surface area (Å²) in [5.74, 6) is 0. The molecule has 0 aliphatic carbocycles. The Morgan fingerprint density at radius 1 is 0.556 bits per heavy atom. The third kappa shape index (κ3) is 2.46. The SMILES string of the molecule is OS(O)(O)c1cccc2c(S(O)(O)O)cccc12. The van der Waals surface area contributed by atoms with Crippen LogP contribution < -0.4 is 0 Å². The lowest BCUT2D eigenvalue weighted by Gasteiger charge is -2.24. The zero-order valence-corrected chi connectivity index (χ0v) is 10.6. The van der Waals surface area contributed by atoms with Crippen LogP contribution in [0, 0.1) is 0 Å². The average molecular weight is 292 g/mol. The normalized spacial score (nSPS) is 14.8. The van der Waals surface area contributed by atoms with Crippen molar-refractivity contribution < 1.29 is 27.3 Å². The van der Waals surface area contributed by atoms with Gasteiger partial charge in [0.15, 0.2) is 0 Å². The predicted octanol–water partition coefficient (Wildman–Crippen LogP) is 4.00. The zero-order chi connectivity index (χ0) is 13.6. The minimum atomic E-state index is -3.93. The number of hydrogen-bond donors (Lipinski definition) is 6. The van der Waals surface area contributed by atoms with E-state index in [1.807, 2.05) is 0 Å². The molecule has 0 aromatic heterocycles. The molecule has 0 aliphatic heterocycles. The summed E-state index contributed by atoms with van der Waals surface area (Å²) in [5.41, 5.74) is 0. The van der Waals surface area contributed by atoms with Gasteiger partial charge >= 0.3 is 0 Å². The highest BCUT2D eigenvalue weighted by atomic mass is 32.3. The molecule has 6 nitrogen and oxygen atoms in total. The summed E-state index contributed by atoms with van der Waals surface area (Å²) < 4.78 is 55.8. The fourth-order valence-electron chi connectivity index (χ4n) is 1.73. The molecular weight excluding hydrogens is 280 g/mol. The second kappa shape index (κ2) is 4.37. The van der Waals surface area contributed by atoms with Gasteiger partial charge in [0.1, 0.15) is 21.7 Å². The van der Waals surface area contributed by atoms with Crippen molar-refractivity contribution in [3.05, 3.63) is 36.4 Å². The number of fused-ring (bicyclic) bond motifs is 1. The van der Waals surface area contributed by atoms with Crippen LogP contribution in [0.4, 0.5) is 0 Å². The van der Waals surface area contributed by atoms with Gasteiger partial charge in [-0.25, -0.2) is 0 Å². The van der Waals surface area contributed by atoms with Crippen molar-refractivity contribution in [3.8, 4) is 0 Å². The molecule has 0 amide bonds. The van der Waals surface area contributed by atoms with Gasteiger partial charge in [0.05, 0.1) is 9.79 Å². The lowest BCUT2D eigenvalue weighted by molar-refractivity contribution is 0.374. The van der Waals surface area contributed by atoms with E-state index in [2.05, 4.69) is 0 Å². The molecular formula is C10H12O6S2. The van der Waals surface area contributed by atoms with Gasteiger partial charge in [0.25, 0.3) is 0 Å². The zero-order valence-electron chi connectivity index (χ0n) is 8.96. The molecule has 100 valence electrons. The van der Waals surface area contributed by atoms with E-state index in [0.29, 0.717) is 0 Å². The molecule has 2 aromatic carbocycles. The summed E-state index contributed by atoms with van der Waals surface area (Å²) in [5, 5.41) is 0.457. The fourth-order valence-corrected chi connectivity index (χ4v) is 3.20. The van der Waals surface area contributed by atoms with Gasteiger partial charge in [0, 0.05) is 10.8 Å². The second-order valence-electron chi connectivity index (χ2n) is 3.65. The van der Waals surface area contributed by atoms with Crippen molar-refractivity contribution in [3.63, 3.8) is 0 Å². The Bertz CT molecular complexity index is 534. The first kappa shape index (κ1) is 13.6. The maximum atomic E-state index is 9.29. The van der Waals surface area contributed by atoms with Crippen LogP contribution in [0.1, 0.15) is 0 Å². The van der Waals surface area contributed by atoms with Crippen LogP contribution >= 0.6 is 21.7 Å². The fraction of sp³-hybridized carbons (Fsp3) is 0. The van der Waals surface area contributed by atoms with Crippen molar-refractivity contribution in [2.24, 2.45) is 0 Å². The molecule has 0 fully saturated rings. The van der Waals surface area contributed by atoms with Crippen LogP contribution in [0.5, 0.6) is 0 Å². The van der Waals surface area contributed by atoms with E-state index < -0.39 is 21.7 Å². The van der Waals surface area contributed by atoms with E-state index in [4.69, 9.17) is 0 Å². The number of rotatable bonds is 2. The van der Waals surface area contributed by atoms with Gasteiger partial charge in [-0.05, 0) is 12.1 Å². The van der Waals surface area contributed by atoms with E-state index >= 15 is 0 Å². The molecule has 18 heavy (non-hydrogen) atoms. The Morgan fingerprint density at radius 2 is 0.889 bits per heavy atom. The topological polar surface area (TPSA) is 121 Å². The first-order valence-corrected chi connectivity index (χ1v) is 7.75. The molecule has 8 heteroatoms. The maximum absolute atomic E-state index is 9.29. The molecule has 0 atom stereocenters. The van der Waals surface area contributed by atoms with Crippen molar-refractivity contribution >= 4 is 32.5 Å². The molecule has 0 bridgehead atoms. The summed E-state index contributed by atoms with van der Waals surface area (Å²) in [7, 11) is -7.85. The summed E-state index contributed by atoms with van der Waals surface area (Å²) in [4.78, 5) is -0.268. The summed E-state index contributed by atoms with van der Waals surface area (Å²) in [6.45, 7) is 0. The summed E-state index contributed by atoms with van der Waals surface area (Å²) in [6, 6.07) is 8.40. The van der Waals surface area contributed by atoms with Crippen LogP contribution in [-0.4, -0.2) is 27.3 Å². The smallest absolute Gasteiger partial charge is 0.113 e. The molecule has 0 unspecified atom stereocenters. The molecule has 2 rings (SSSR count). The maximum Gasteiger partial charge on any atom is 0.113 e. The molecule has 2 aromatic rings. The van der Waals surface area contributed by atoms with E-state index in [1.54, 1.807) is 0 Å². The largest absolute Gasteiger partial charge is 0.304 e. The highest BCUT2D eigenvalue weighted by Crippen LogP contribution is 2.51. The Balaban J connectivity index is 2.82. The van der Waals surface area contributed by atoms with Crippen molar-refractivity contribution in [2.45, 2.75) is 9.79 Å². The third-order valence-corrected chi connectivity index (χ3v) is 4.32. The lowest BCUT2D eigenvalue weighted by atomic mass is 10.1. The van der Waals surface area contributed by atoms with Crippen molar-refractivity contribution in [1.82, 2.24) is 0 Å². The molecule has 0 radical (unpaired) electrons. The standard InChI is InChI=1S/C10H12O6S2/c11-17(12,13)9-5-1-3-7-8(9)4-2-6-10(7)18(14,15)16/h1-6,11-16H. The van der Waals surface area contributed by atoms with Crippen molar-refractivity contribution in [2.75, 3.05) is 0 Å². The minimum absolute atomic E-state index is 0.134.